The van der Waals surface area contributed by atoms with E-state index < -0.39 is 0 Å². The molecule has 186 valence electrons. The standard InChI is InChI=1S/C28H33NO6/c1-6-34-23-11-10-17(14-25(23)33-5)18-12-21-27(22(30)13-18)20(15-26(31)29-21)19-8-7-9-24(32-4)28(19)35-16(2)3/h7-11,14,16,18,20H,6,12-13,15H2,1-5H3,(H,29,31). The number of allylic oxidation sites excluding steroid dienone is 2. The van der Waals surface area contributed by atoms with Gasteiger partial charge in [0, 0.05) is 35.6 Å². The largest absolute Gasteiger partial charge is 0.493 e. The molecule has 0 radical (unpaired) electrons. The van der Waals surface area contributed by atoms with Gasteiger partial charge in [-0.05, 0) is 56.9 Å². The van der Waals surface area contributed by atoms with Crippen LogP contribution in [0.25, 0.3) is 0 Å². The zero-order valence-electron chi connectivity index (χ0n) is 21.0. The first-order valence-electron chi connectivity index (χ1n) is 12.1. The number of ketones is 1. The van der Waals surface area contributed by atoms with Crippen LogP contribution >= 0.6 is 0 Å². The fraction of sp³-hybridized carbons (Fsp3) is 0.429. The smallest absolute Gasteiger partial charge is 0.225 e. The van der Waals surface area contributed by atoms with Crippen molar-refractivity contribution in [2.45, 2.75) is 58.0 Å². The Bertz CT molecular complexity index is 1150. The highest BCUT2D eigenvalue weighted by Crippen LogP contribution is 2.47. The number of benzene rings is 2. The van der Waals surface area contributed by atoms with Crippen molar-refractivity contribution in [3.63, 3.8) is 0 Å². The molecule has 4 rings (SSSR count). The van der Waals surface area contributed by atoms with Gasteiger partial charge < -0.3 is 24.3 Å². The van der Waals surface area contributed by atoms with Gasteiger partial charge in [0.05, 0.1) is 26.9 Å². The molecule has 1 aliphatic carbocycles. The molecule has 2 aromatic carbocycles. The molecule has 2 unspecified atom stereocenters. The lowest BCUT2D eigenvalue weighted by molar-refractivity contribution is -0.122. The molecule has 0 bridgehead atoms. The summed E-state index contributed by atoms with van der Waals surface area (Å²) in [6.45, 7) is 6.34. The molecule has 0 saturated heterocycles. The highest BCUT2D eigenvalue weighted by Gasteiger charge is 2.40. The van der Waals surface area contributed by atoms with E-state index in [1.807, 2.05) is 57.2 Å². The number of hydrogen-bond acceptors (Lipinski definition) is 6. The maximum absolute atomic E-state index is 13.6. The van der Waals surface area contributed by atoms with Gasteiger partial charge in [-0.1, -0.05) is 18.2 Å². The normalized spacial score (nSPS) is 19.8. The number of ether oxygens (including phenoxy) is 4. The molecule has 2 aromatic rings. The van der Waals surface area contributed by atoms with Gasteiger partial charge in [0.1, 0.15) is 0 Å². The molecule has 0 saturated carbocycles. The van der Waals surface area contributed by atoms with Crippen LogP contribution in [0.15, 0.2) is 47.7 Å². The van der Waals surface area contributed by atoms with Gasteiger partial charge in [0.25, 0.3) is 0 Å². The van der Waals surface area contributed by atoms with E-state index in [2.05, 4.69) is 5.32 Å². The van der Waals surface area contributed by atoms with Gasteiger partial charge in [-0.3, -0.25) is 9.59 Å². The molecule has 1 aliphatic heterocycles. The number of rotatable bonds is 8. The Kier molecular flexibility index (Phi) is 7.34. The van der Waals surface area contributed by atoms with Gasteiger partial charge in [-0.15, -0.1) is 0 Å². The van der Waals surface area contributed by atoms with Crippen molar-refractivity contribution in [2.75, 3.05) is 20.8 Å². The van der Waals surface area contributed by atoms with Crippen molar-refractivity contribution in [1.29, 1.82) is 0 Å². The summed E-state index contributed by atoms with van der Waals surface area (Å²) in [5, 5.41) is 2.99. The van der Waals surface area contributed by atoms with Gasteiger partial charge in [-0.2, -0.15) is 0 Å². The molecule has 1 heterocycles. The monoisotopic (exact) mass is 479 g/mol. The van der Waals surface area contributed by atoms with E-state index in [1.165, 1.54) is 0 Å². The van der Waals surface area contributed by atoms with Crippen molar-refractivity contribution in [3.8, 4) is 23.0 Å². The molecule has 7 heteroatoms. The molecular weight excluding hydrogens is 446 g/mol. The van der Waals surface area contributed by atoms with Gasteiger partial charge in [0.15, 0.2) is 28.8 Å². The number of carbonyl (C=O) groups excluding carboxylic acids is 2. The van der Waals surface area contributed by atoms with Crippen molar-refractivity contribution in [1.82, 2.24) is 5.32 Å². The Morgan fingerprint density at radius 3 is 2.43 bits per heavy atom. The van der Waals surface area contributed by atoms with Crippen LogP contribution in [0.4, 0.5) is 0 Å². The van der Waals surface area contributed by atoms with E-state index in [0.29, 0.717) is 53.7 Å². The quantitative estimate of drug-likeness (QED) is 0.580. The maximum atomic E-state index is 13.6. The SMILES string of the molecule is CCOc1ccc(C2CC(=O)C3=C(C2)NC(=O)CC3c2cccc(OC)c2OC(C)C)cc1OC. The van der Waals surface area contributed by atoms with Crippen LogP contribution in [-0.4, -0.2) is 38.6 Å². The summed E-state index contributed by atoms with van der Waals surface area (Å²) in [5.74, 6) is 1.95. The minimum Gasteiger partial charge on any atom is -0.493 e. The summed E-state index contributed by atoms with van der Waals surface area (Å²) in [7, 11) is 3.19. The van der Waals surface area contributed by atoms with Crippen LogP contribution in [0, 0.1) is 0 Å². The van der Waals surface area contributed by atoms with Crippen molar-refractivity contribution >= 4 is 11.7 Å². The Balaban J connectivity index is 1.72. The number of methoxy groups -OCH3 is 2. The lowest BCUT2D eigenvalue weighted by Crippen LogP contribution is -2.38. The van der Waals surface area contributed by atoms with Crippen LogP contribution in [0.3, 0.4) is 0 Å². The molecule has 1 amide bonds. The minimum atomic E-state index is -0.383. The average Bonchev–Trinajstić information content (AvgIpc) is 2.83. The van der Waals surface area contributed by atoms with Crippen LogP contribution in [0.2, 0.25) is 0 Å². The number of hydrogen-bond donors (Lipinski definition) is 1. The van der Waals surface area contributed by atoms with Crippen molar-refractivity contribution in [2.24, 2.45) is 0 Å². The van der Waals surface area contributed by atoms with Crippen LogP contribution in [0.1, 0.15) is 63.0 Å². The summed E-state index contributed by atoms with van der Waals surface area (Å²) in [4.78, 5) is 26.4. The maximum Gasteiger partial charge on any atom is 0.225 e. The van der Waals surface area contributed by atoms with Gasteiger partial charge in [0.2, 0.25) is 5.91 Å². The molecule has 2 aliphatic rings. The first-order chi connectivity index (χ1) is 16.9. The summed E-state index contributed by atoms with van der Waals surface area (Å²) in [6, 6.07) is 11.4. The second-order valence-corrected chi connectivity index (χ2v) is 9.11. The van der Waals surface area contributed by atoms with Crippen LogP contribution in [0.5, 0.6) is 23.0 Å². The summed E-state index contributed by atoms with van der Waals surface area (Å²) in [5.41, 5.74) is 3.14. The number of para-hydroxylation sites is 1. The first kappa shape index (κ1) is 24.6. The fourth-order valence-corrected chi connectivity index (χ4v) is 5.00. The number of nitrogens with one attached hydrogen (secondary N) is 1. The zero-order chi connectivity index (χ0) is 25.1. The minimum absolute atomic E-state index is 0.0346. The topological polar surface area (TPSA) is 83.1 Å². The lowest BCUT2D eigenvalue weighted by Gasteiger charge is -2.35. The van der Waals surface area contributed by atoms with Crippen molar-refractivity contribution < 1.29 is 28.5 Å². The van der Waals surface area contributed by atoms with E-state index in [-0.39, 0.29) is 36.1 Å². The number of carbonyl (C=O) groups is 2. The Hall–Kier alpha value is -3.48. The van der Waals surface area contributed by atoms with E-state index in [1.54, 1.807) is 14.2 Å². The Labute approximate surface area is 206 Å². The molecule has 0 spiro atoms. The highest BCUT2D eigenvalue weighted by atomic mass is 16.5. The zero-order valence-corrected chi connectivity index (χ0v) is 21.0. The molecule has 1 N–H and O–H groups in total. The predicted octanol–water partition coefficient (Wildman–Crippen LogP) is 4.89. The van der Waals surface area contributed by atoms with Gasteiger partial charge in [-0.25, -0.2) is 0 Å². The summed E-state index contributed by atoms with van der Waals surface area (Å²) >= 11 is 0. The van der Waals surface area contributed by atoms with E-state index >= 15 is 0 Å². The third-order valence-electron chi connectivity index (χ3n) is 6.45. The average molecular weight is 480 g/mol. The summed E-state index contributed by atoms with van der Waals surface area (Å²) in [6.07, 6.45) is 1.02. The lowest BCUT2D eigenvalue weighted by atomic mass is 9.73. The van der Waals surface area contributed by atoms with Crippen LogP contribution in [-0.2, 0) is 9.59 Å². The Morgan fingerprint density at radius 1 is 0.971 bits per heavy atom. The summed E-state index contributed by atoms with van der Waals surface area (Å²) < 4.78 is 22.8. The van der Waals surface area contributed by atoms with Gasteiger partial charge >= 0.3 is 0 Å². The number of amides is 1. The fourth-order valence-electron chi connectivity index (χ4n) is 5.00. The highest BCUT2D eigenvalue weighted by molar-refractivity contribution is 6.02. The second kappa shape index (κ2) is 10.4. The molecule has 0 aromatic heterocycles. The molecule has 35 heavy (non-hydrogen) atoms. The number of Topliss-reactive ketones (excluding diaryl/α,β-unsaturated/α-hetero) is 1. The third-order valence-corrected chi connectivity index (χ3v) is 6.45. The molecule has 2 atom stereocenters. The third kappa shape index (κ3) is 4.99. The van der Waals surface area contributed by atoms with E-state index in [4.69, 9.17) is 18.9 Å². The predicted molar refractivity (Wildman–Crippen MR) is 132 cm³/mol. The molecule has 0 fully saturated rings. The van der Waals surface area contributed by atoms with E-state index in [0.717, 1.165) is 11.1 Å². The van der Waals surface area contributed by atoms with E-state index in [9.17, 15) is 9.59 Å². The second-order valence-electron chi connectivity index (χ2n) is 9.11. The first-order valence-corrected chi connectivity index (χ1v) is 12.1. The Morgan fingerprint density at radius 2 is 1.74 bits per heavy atom. The molecular formula is C28H33NO6. The van der Waals surface area contributed by atoms with Crippen molar-refractivity contribution in [3.05, 3.63) is 58.8 Å². The molecule has 7 nitrogen and oxygen atoms in total. The van der Waals surface area contributed by atoms with Crippen LogP contribution < -0.4 is 24.3 Å².